The molecule has 2 aromatic rings. The number of ether oxygens (including phenoxy) is 1. The molecule has 0 saturated heterocycles. The van der Waals surface area contributed by atoms with E-state index < -0.39 is 0 Å². The van der Waals surface area contributed by atoms with Gasteiger partial charge in [0.25, 0.3) is 5.89 Å². The molecule has 0 aliphatic rings. The second-order valence-electron chi connectivity index (χ2n) is 3.77. The van der Waals surface area contributed by atoms with Crippen LogP contribution in [0.5, 0.6) is 5.75 Å². The van der Waals surface area contributed by atoms with Crippen LogP contribution < -0.4 is 10.1 Å². The van der Waals surface area contributed by atoms with Crippen LogP contribution in [-0.2, 0) is 6.54 Å². The van der Waals surface area contributed by atoms with Gasteiger partial charge in [-0.05, 0) is 13.0 Å². The predicted octanol–water partition coefficient (Wildman–Crippen LogP) is 1.92. The van der Waals surface area contributed by atoms with Gasteiger partial charge < -0.3 is 14.5 Å². The van der Waals surface area contributed by atoms with E-state index in [2.05, 4.69) is 10.3 Å². The SMILES string of the molecule is COc1ccccc1CNC(=O)c1ncc(C)o1. The molecule has 94 valence electrons. The fourth-order valence-corrected chi connectivity index (χ4v) is 1.56. The zero-order valence-corrected chi connectivity index (χ0v) is 10.3. The maximum Gasteiger partial charge on any atom is 0.307 e. The van der Waals surface area contributed by atoms with Crippen molar-refractivity contribution in [1.29, 1.82) is 0 Å². The third kappa shape index (κ3) is 2.68. The number of methoxy groups -OCH3 is 1. The van der Waals surface area contributed by atoms with E-state index in [0.29, 0.717) is 12.3 Å². The van der Waals surface area contributed by atoms with Gasteiger partial charge >= 0.3 is 5.91 Å². The van der Waals surface area contributed by atoms with E-state index in [4.69, 9.17) is 9.15 Å². The minimum Gasteiger partial charge on any atom is -0.496 e. The van der Waals surface area contributed by atoms with Gasteiger partial charge in [0.05, 0.1) is 13.3 Å². The number of hydrogen-bond donors (Lipinski definition) is 1. The Balaban J connectivity index is 2.01. The summed E-state index contributed by atoms with van der Waals surface area (Å²) in [4.78, 5) is 15.6. The van der Waals surface area contributed by atoms with Gasteiger partial charge in [-0.25, -0.2) is 4.98 Å². The summed E-state index contributed by atoms with van der Waals surface area (Å²) in [5.74, 6) is 1.08. The van der Waals surface area contributed by atoms with Crippen molar-refractivity contribution in [3.63, 3.8) is 0 Å². The van der Waals surface area contributed by atoms with Gasteiger partial charge in [0.2, 0.25) is 0 Å². The summed E-state index contributed by atoms with van der Waals surface area (Å²) in [6.45, 7) is 2.11. The maximum absolute atomic E-state index is 11.7. The lowest BCUT2D eigenvalue weighted by Gasteiger charge is -2.08. The molecule has 1 aromatic heterocycles. The zero-order chi connectivity index (χ0) is 13.0. The largest absolute Gasteiger partial charge is 0.496 e. The van der Waals surface area contributed by atoms with Crippen molar-refractivity contribution in [3.8, 4) is 5.75 Å². The van der Waals surface area contributed by atoms with Crippen LogP contribution in [0, 0.1) is 6.92 Å². The summed E-state index contributed by atoms with van der Waals surface area (Å²) < 4.78 is 10.3. The molecule has 0 aliphatic carbocycles. The van der Waals surface area contributed by atoms with Gasteiger partial charge in [0.15, 0.2) is 0 Å². The van der Waals surface area contributed by atoms with Gasteiger partial charge in [-0.1, -0.05) is 18.2 Å². The first-order valence-corrected chi connectivity index (χ1v) is 5.53. The number of benzene rings is 1. The smallest absolute Gasteiger partial charge is 0.307 e. The van der Waals surface area contributed by atoms with E-state index in [1.165, 1.54) is 6.20 Å². The van der Waals surface area contributed by atoms with Crippen molar-refractivity contribution in [1.82, 2.24) is 10.3 Å². The molecule has 18 heavy (non-hydrogen) atoms. The van der Waals surface area contributed by atoms with Crippen LogP contribution in [0.1, 0.15) is 22.0 Å². The molecule has 0 saturated carbocycles. The monoisotopic (exact) mass is 246 g/mol. The van der Waals surface area contributed by atoms with Gasteiger partial charge in [0.1, 0.15) is 11.5 Å². The summed E-state index contributed by atoms with van der Waals surface area (Å²) in [6.07, 6.45) is 1.51. The van der Waals surface area contributed by atoms with Crippen molar-refractivity contribution >= 4 is 5.91 Å². The highest BCUT2D eigenvalue weighted by molar-refractivity contribution is 5.89. The Labute approximate surface area is 105 Å². The number of aromatic nitrogens is 1. The molecule has 0 atom stereocenters. The number of hydrogen-bond acceptors (Lipinski definition) is 4. The standard InChI is InChI=1S/C13H14N2O3/c1-9-7-15-13(18-9)12(16)14-8-10-5-3-4-6-11(10)17-2/h3-7H,8H2,1-2H3,(H,14,16). The van der Waals surface area contributed by atoms with Crippen LogP contribution in [0.4, 0.5) is 0 Å². The molecule has 0 radical (unpaired) electrons. The van der Waals surface area contributed by atoms with E-state index in [-0.39, 0.29) is 11.8 Å². The molecule has 1 N–H and O–H groups in total. The number of carbonyl (C=O) groups is 1. The molecular weight excluding hydrogens is 232 g/mol. The molecule has 0 spiro atoms. The van der Waals surface area contributed by atoms with Crippen molar-refractivity contribution in [2.75, 3.05) is 7.11 Å². The molecular formula is C13H14N2O3. The van der Waals surface area contributed by atoms with E-state index in [9.17, 15) is 4.79 Å². The Kier molecular flexibility index (Phi) is 3.62. The molecule has 1 heterocycles. The van der Waals surface area contributed by atoms with Crippen LogP contribution in [0.3, 0.4) is 0 Å². The summed E-state index contributed by atoms with van der Waals surface area (Å²) >= 11 is 0. The topological polar surface area (TPSA) is 64.4 Å². The Morgan fingerprint density at radius 2 is 2.22 bits per heavy atom. The molecule has 0 fully saturated rings. The molecule has 0 aliphatic heterocycles. The van der Waals surface area contributed by atoms with Crippen molar-refractivity contribution in [2.45, 2.75) is 13.5 Å². The summed E-state index contributed by atoms with van der Waals surface area (Å²) in [5.41, 5.74) is 0.900. The number of aryl methyl sites for hydroxylation is 1. The van der Waals surface area contributed by atoms with Crippen LogP contribution in [-0.4, -0.2) is 18.0 Å². The highest BCUT2D eigenvalue weighted by atomic mass is 16.5. The summed E-state index contributed by atoms with van der Waals surface area (Å²) in [6, 6.07) is 7.50. The normalized spacial score (nSPS) is 10.1. The Morgan fingerprint density at radius 1 is 1.44 bits per heavy atom. The first-order chi connectivity index (χ1) is 8.70. The van der Waals surface area contributed by atoms with Gasteiger partial charge in [-0.2, -0.15) is 0 Å². The number of nitrogens with one attached hydrogen (secondary N) is 1. The average molecular weight is 246 g/mol. The average Bonchev–Trinajstić information content (AvgIpc) is 2.83. The highest BCUT2D eigenvalue weighted by Crippen LogP contribution is 2.16. The quantitative estimate of drug-likeness (QED) is 0.895. The summed E-state index contributed by atoms with van der Waals surface area (Å²) in [7, 11) is 1.60. The Bertz CT molecular complexity index is 549. The van der Waals surface area contributed by atoms with E-state index >= 15 is 0 Å². The Morgan fingerprint density at radius 3 is 2.89 bits per heavy atom. The fraction of sp³-hybridized carbons (Fsp3) is 0.231. The number of amides is 1. The number of rotatable bonds is 4. The van der Waals surface area contributed by atoms with E-state index in [1.54, 1.807) is 14.0 Å². The maximum atomic E-state index is 11.7. The number of nitrogens with zero attached hydrogens (tertiary/aromatic N) is 1. The molecule has 0 bridgehead atoms. The van der Waals surface area contributed by atoms with Crippen LogP contribution in [0.2, 0.25) is 0 Å². The van der Waals surface area contributed by atoms with E-state index in [0.717, 1.165) is 11.3 Å². The van der Waals surface area contributed by atoms with E-state index in [1.807, 2.05) is 24.3 Å². The number of carbonyl (C=O) groups excluding carboxylic acids is 1. The molecule has 0 unspecified atom stereocenters. The molecule has 1 amide bonds. The van der Waals surface area contributed by atoms with Crippen molar-refractivity contribution in [3.05, 3.63) is 47.7 Å². The first-order valence-electron chi connectivity index (χ1n) is 5.53. The molecule has 5 heteroatoms. The zero-order valence-electron chi connectivity index (χ0n) is 10.3. The lowest BCUT2D eigenvalue weighted by atomic mass is 10.2. The van der Waals surface area contributed by atoms with Crippen molar-refractivity contribution in [2.24, 2.45) is 0 Å². The molecule has 1 aromatic carbocycles. The predicted molar refractivity (Wildman–Crippen MR) is 65.4 cm³/mol. The van der Waals surface area contributed by atoms with Crippen LogP contribution in [0.15, 0.2) is 34.9 Å². The van der Waals surface area contributed by atoms with Gasteiger partial charge in [-0.15, -0.1) is 0 Å². The number of oxazole rings is 1. The fourth-order valence-electron chi connectivity index (χ4n) is 1.56. The summed E-state index contributed by atoms with van der Waals surface area (Å²) in [5, 5.41) is 2.73. The second-order valence-corrected chi connectivity index (χ2v) is 3.77. The minimum absolute atomic E-state index is 0.0717. The molecule has 5 nitrogen and oxygen atoms in total. The minimum atomic E-state index is -0.339. The lowest BCUT2D eigenvalue weighted by molar-refractivity contribution is 0.0914. The second kappa shape index (κ2) is 5.35. The number of para-hydroxylation sites is 1. The third-order valence-corrected chi connectivity index (χ3v) is 2.45. The lowest BCUT2D eigenvalue weighted by Crippen LogP contribution is -2.23. The third-order valence-electron chi connectivity index (χ3n) is 2.45. The van der Waals surface area contributed by atoms with Gasteiger partial charge in [-0.3, -0.25) is 4.79 Å². The van der Waals surface area contributed by atoms with Crippen LogP contribution >= 0.6 is 0 Å². The van der Waals surface area contributed by atoms with Gasteiger partial charge in [0, 0.05) is 12.1 Å². The first kappa shape index (κ1) is 12.2. The van der Waals surface area contributed by atoms with Crippen molar-refractivity contribution < 1.29 is 13.9 Å². The Hall–Kier alpha value is -2.30. The van der Waals surface area contributed by atoms with Crippen LogP contribution in [0.25, 0.3) is 0 Å². The molecule has 2 rings (SSSR count). The highest BCUT2D eigenvalue weighted by Gasteiger charge is 2.12.